The van der Waals surface area contributed by atoms with Gasteiger partial charge in [0.2, 0.25) is 0 Å². The number of nitrogens with one attached hydrogen (secondary N) is 1. The van der Waals surface area contributed by atoms with E-state index in [1.807, 2.05) is 6.07 Å². The van der Waals surface area contributed by atoms with Gasteiger partial charge in [0, 0.05) is 106 Å². The number of rotatable bonds is 9. The number of hydrogen-bond donors (Lipinski definition) is 2. The first-order valence-corrected chi connectivity index (χ1v) is 46.1. The number of thioether (sulfide) groups is 1. The predicted molar refractivity (Wildman–Crippen MR) is 465 cm³/mol. The number of unbranched alkanes of at least 4 members (excludes halogenated alkanes) is 1. The fourth-order valence-corrected chi connectivity index (χ4v) is 18.6. The van der Waals surface area contributed by atoms with E-state index in [1.165, 1.54) is 255 Å². The van der Waals surface area contributed by atoms with Crippen LogP contribution in [0.1, 0.15) is 240 Å². The van der Waals surface area contributed by atoms with Crippen molar-refractivity contribution in [2.24, 2.45) is 41.4 Å². The van der Waals surface area contributed by atoms with Crippen LogP contribution < -0.4 is 5.32 Å². The number of piperidine rings is 5. The monoisotopic (exact) mass is 1570 g/mol. The van der Waals surface area contributed by atoms with Crippen molar-refractivity contribution in [1.29, 1.82) is 0 Å². The SMILES string of the molecule is C=C1CCCN1CCCC.CC1CCCN(C)CC1.CC1CN(C)CC(C)N1.CCC1CCCO1.CCCc1cccc(F)c1.CN1CCC(Br)CC1.CN1CCCC1.CN1CCCC2CCCCC21.CN1CCN(CCO)CC1.CSc1ccc(C)cc1.C[C@@H]1CC2CCC1C2.C[C@H]1CN2CCC1CC2. The van der Waals surface area contributed by atoms with Crippen molar-refractivity contribution in [3.63, 3.8) is 0 Å². The van der Waals surface area contributed by atoms with E-state index >= 15 is 0 Å². The van der Waals surface area contributed by atoms with Gasteiger partial charge >= 0.3 is 0 Å². The molecular formula is C91H170BrFN10O2S. The highest BCUT2D eigenvalue weighted by molar-refractivity contribution is 9.09. The number of benzene rings is 2. The molecule has 11 aliphatic heterocycles. The average Bonchev–Trinajstić information content (AvgIpc) is 1.57. The van der Waals surface area contributed by atoms with Crippen molar-refractivity contribution in [3.05, 3.63) is 77.8 Å². The van der Waals surface area contributed by atoms with Crippen LogP contribution in [0, 0.1) is 54.2 Å². The summed E-state index contributed by atoms with van der Waals surface area (Å²) >= 11 is 5.37. The molecule has 4 bridgehead atoms. The standard InChI is InChI=1S/C10H19N.C9H11F.C9H17N.C8H15N.C8H17N.C8H10S.C8H14.C7H16N2O.C7H16N2.C6H12BrN.C6H12O.C5H11N/c1-11-8-4-6-9-5-2-3-7-10(9)11;1-2-4-8-5-3-6-9(10)7-8;1-3-4-7-10-8-5-6-9(10)2;1-7-6-9-4-2-8(7)3-5-9;1-8-4-3-6-9(2)7-5-8;1-7-3-5-8(9-2)6-4-7;1-6-4-7-2-3-8(6)5-7;1-8-2-4-9(5-3-8)6-7-10;1-6-4-9(3)5-7(2)8-6;1-8-4-2-6(7)3-5-8;1-2-6-4-3-5-7-6;1-6-4-2-3-5-6/h9-10H,2-8H2,1H3;3,5-7H,2,4H2,1H3;2-8H2,1H3;7-8H,2-6H2,1H3;8H,3-7H2,1-2H3;3-6H,1-2H3;6-8H,2-5H2,1H3;10H,2-7H2,1H3;6-8H,4-5H2,1-3H3;6H,2-5H2,1H3;6H,2-5H2,1H3;2-5H2,1H3/t;;;7-;;;6-,7?,8?;;;;;/m...0..1...../s1. The largest absolute Gasteiger partial charge is 0.395 e. The molecule has 10 atom stereocenters. The number of ether oxygens (including phenoxy) is 1. The minimum Gasteiger partial charge on any atom is -0.395 e. The molecule has 11 heterocycles. The lowest BCUT2D eigenvalue weighted by Crippen LogP contribution is -2.52. The molecule has 11 saturated heterocycles. The zero-order valence-corrected chi connectivity index (χ0v) is 74.3. The van der Waals surface area contributed by atoms with Gasteiger partial charge in [0.1, 0.15) is 5.82 Å². The summed E-state index contributed by atoms with van der Waals surface area (Å²) in [6.45, 7) is 49.0. The summed E-state index contributed by atoms with van der Waals surface area (Å²) in [6.07, 6.45) is 41.4. The molecule has 14 fully saturated rings. The summed E-state index contributed by atoms with van der Waals surface area (Å²) in [4.78, 5) is 23.9. The molecule has 12 nitrogen and oxygen atoms in total. The Labute approximate surface area is 668 Å². The van der Waals surface area contributed by atoms with Gasteiger partial charge in [-0.25, -0.2) is 4.39 Å². The summed E-state index contributed by atoms with van der Waals surface area (Å²) in [6, 6.07) is 17.6. The number of alkyl halides is 1. The second kappa shape index (κ2) is 58.2. The van der Waals surface area contributed by atoms with Crippen LogP contribution in [-0.2, 0) is 11.2 Å². The molecule has 3 aliphatic carbocycles. The maximum Gasteiger partial charge on any atom is 0.123 e. The average molecular weight is 1570 g/mol. The molecule has 2 aromatic carbocycles. The summed E-state index contributed by atoms with van der Waals surface area (Å²) in [5, 5.41) is 12.1. The third kappa shape index (κ3) is 43.5. The van der Waals surface area contributed by atoms with E-state index in [9.17, 15) is 4.39 Å². The van der Waals surface area contributed by atoms with Crippen molar-refractivity contribution < 1.29 is 14.2 Å². The number of β-amino-alcohol motifs (C(OH)–C–C–N with tert-alkyl or cyclic N) is 1. The Morgan fingerprint density at radius 2 is 1.19 bits per heavy atom. The highest BCUT2D eigenvalue weighted by Gasteiger charge is 2.37. The topological polar surface area (TPSA) is 70.7 Å². The van der Waals surface area contributed by atoms with Gasteiger partial charge in [-0.2, -0.15) is 0 Å². The van der Waals surface area contributed by atoms with Crippen molar-refractivity contribution in [2.75, 3.05) is 186 Å². The Balaban J connectivity index is 0.000000245. The molecule has 0 amide bonds. The smallest absolute Gasteiger partial charge is 0.123 e. The van der Waals surface area contributed by atoms with Gasteiger partial charge in [-0.05, 0) is 347 Å². The molecule has 106 heavy (non-hydrogen) atoms. The quantitative estimate of drug-likeness (QED) is 0.185. The molecule has 2 aromatic rings. The molecule has 616 valence electrons. The number of hydrogen-bond acceptors (Lipinski definition) is 13. The van der Waals surface area contributed by atoms with Crippen LogP contribution in [0.4, 0.5) is 4.39 Å². The molecule has 0 spiro atoms. The molecule has 16 rings (SSSR count). The van der Waals surface area contributed by atoms with Gasteiger partial charge in [-0.15, -0.1) is 11.8 Å². The summed E-state index contributed by atoms with van der Waals surface area (Å²) in [7, 11) is 13.2. The lowest BCUT2D eigenvalue weighted by Gasteiger charge is -2.43. The number of piperazine rings is 2. The normalized spacial score (nSPS) is 29.6. The number of aliphatic hydroxyl groups is 1. The number of likely N-dealkylation sites (tertiary alicyclic amines) is 5. The number of allylic oxidation sites excluding steroid dienone is 1. The van der Waals surface area contributed by atoms with Gasteiger partial charge in [0.25, 0.3) is 0 Å². The van der Waals surface area contributed by atoms with Crippen LogP contribution in [-0.4, -0.2) is 264 Å². The number of halogens is 2. The van der Waals surface area contributed by atoms with Crippen LogP contribution >= 0.6 is 27.7 Å². The molecule has 14 aliphatic rings. The third-order valence-electron chi connectivity index (χ3n) is 24.9. The van der Waals surface area contributed by atoms with E-state index in [0.717, 1.165) is 110 Å². The van der Waals surface area contributed by atoms with Crippen LogP contribution in [0.3, 0.4) is 0 Å². The number of aryl methyl sites for hydroxylation is 2. The Hall–Kier alpha value is -1.70. The summed E-state index contributed by atoms with van der Waals surface area (Å²) < 4.78 is 17.8. The van der Waals surface area contributed by atoms with Crippen LogP contribution in [0.2, 0.25) is 0 Å². The van der Waals surface area contributed by atoms with Crippen molar-refractivity contribution in [3.8, 4) is 0 Å². The molecule has 0 aromatic heterocycles. The Bertz CT molecular complexity index is 2370. The van der Waals surface area contributed by atoms with E-state index < -0.39 is 0 Å². The minimum atomic E-state index is -0.133. The third-order valence-corrected chi connectivity index (χ3v) is 26.5. The number of fused-ring (bicyclic) bond motifs is 6. The number of likely N-dealkylation sites (N-methyl/N-ethyl adjacent to an activating group) is 2. The van der Waals surface area contributed by atoms with E-state index in [0.29, 0.717) is 24.8 Å². The number of nitrogens with zero attached hydrogens (tertiary/aromatic N) is 9. The first kappa shape index (κ1) is 96.7. The van der Waals surface area contributed by atoms with Gasteiger partial charge in [-0.3, -0.25) is 4.90 Å². The Morgan fingerprint density at radius 3 is 1.65 bits per heavy atom. The Morgan fingerprint density at radius 1 is 0.566 bits per heavy atom. The highest BCUT2D eigenvalue weighted by Crippen LogP contribution is 2.48. The van der Waals surface area contributed by atoms with Gasteiger partial charge in [-0.1, -0.05) is 126 Å². The number of aliphatic hydroxyl groups excluding tert-OH is 1. The zero-order chi connectivity index (χ0) is 77.4. The second-order valence-electron chi connectivity index (χ2n) is 34.8. The highest BCUT2D eigenvalue weighted by atomic mass is 79.9. The van der Waals surface area contributed by atoms with Gasteiger partial charge < -0.3 is 54.4 Å². The minimum absolute atomic E-state index is 0.133. The first-order valence-electron chi connectivity index (χ1n) is 44.0. The van der Waals surface area contributed by atoms with E-state index in [2.05, 4.69) is 207 Å². The summed E-state index contributed by atoms with van der Waals surface area (Å²) in [5.74, 6) is 7.33. The maximum absolute atomic E-state index is 12.5. The molecule has 3 saturated carbocycles. The van der Waals surface area contributed by atoms with Crippen molar-refractivity contribution in [1.82, 2.24) is 49.4 Å². The summed E-state index contributed by atoms with van der Waals surface area (Å²) in [5.41, 5.74) is 3.77. The molecule has 15 heteroatoms. The van der Waals surface area contributed by atoms with E-state index in [4.69, 9.17) is 9.84 Å². The maximum atomic E-state index is 12.5. The van der Waals surface area contributed by atoms with Gasteiger partial charge in [0.05, 0.1) is 12.7 Å². The van der Waals surface area contributed by atoms with Crippen LogP contribution in [0.5, 0.6) is 0 Å². The fraction of sp³-hybridized carbons (Fsp3) is 0.846. The lowest BCUT2D eigenvalue weighted by molar-refractivity contribution is 0.0603. The molecule has 2 N–H and O–H groups in total. The molecule has 8 unspecified atom stereocenters. The second-order valence-corrected chi connectivity index (χ2v) is 37.0. The zero-order valence-electron chi connectivity index (χ0n) is 71.9. The first-order chi connectivity index (χ1) is 51.0. The van der Waals surface area contributed by atoms with Crippen molar-refractivity contribution in [2.45, 2.75) is 276 Å². The van der Waals surface area contributed by atoms with Crippen LogP contribution in [0.25, 0.3) is 0 Å². The molecular weight excluding hydrogens is 1400 g/mol. The lowest BCUT2D eigenvalue weighted by atomic mass is 9.79. The predicted octanol–water partition coefficient (Wildman–Crippen LogP) is 19.0. The van der Waals surface area contributed by atoms with Gasteiger partial charge in [0.15, 0.2) is 0 Å². The van der Waals surface area contributed by atoms with E-state index in [1.54, 1.807) is 49.6 Å². The van der Waals surface area contributed by atoms with E-state index in [-0.39, 0.29) is 5.82 Å². The van der Waals surface area contributed by atoms with Crippen molar-refractivity contribution >= 4 is 27.7 Å². The molecule has 0 radical (unpaired) electrons. The fourth-order valence-electron chi connectivity index (χ4n) is 17.8. The Kier molecular flexibility index (Phi) is 53.1. The van der Waals surface area contributed by atoms with Crippen LogP contribution in [0.15, 0.2) is 65.7 Å².